The molecule has 1 saturated heterocycles. The van der Waals surface area contributed by atoms with Gasteiger partial charge in [-0.1, -0.05) is 23.3 Å². The van der Waals surface area contributed by atoms with Crippen LogP contribution in [0.3, 0.4) is 0 Å². The Morgan fingerprint density at radius 3 is 2.89 bits per heavy atom. The molecule has 100 valence electrons. The molecule has 3 rings (SSSR count). The molecule has 5 nitrogen and oxygen atoms in total. The van der Waals surface area contributed by atoms with Gasteiger partial charge in [0.2, 0.25) is 5.95 Å². The van der Waals surface area contributed by atoms with E-state index in [1.807, 2.05) is 30.3 Å². The van der Waals surface area contributed by atoms with Crippen LogP contribution < -0.4 is 4.90 Å². The fourth-order valence-electron chi connectivity index (χ4n) is 2.52. The Morgan fingerprint density at radius 1 is 1.26 bits per heavy atom. The second kappa shape index (κ2) is 5.57. The second-order valence-corrected chi connectivity index (χ2v) is 5.18. The summed E-state index contributed by atoms with van der Waals surface area (Å²) in [6.07, 6.45) is 2.22. The van der Waals surface area contributed by atoms with Crippen LogP contribution in [0.5, 0.6) is 0 Å². The molecule has 1 aromatic carbocycles. The summed E-state index contributed by atoms with van der Waals surface area (Å²) < 4.78 is 1.79. The molecular formula is C13H16ClN5. The van der Waals surface area contributed by atoms with E-state index < -0.39 is 0 Å². The van der Waals surface area contributed by atoms with E-state index in [9.17, 15) is 0 Å². The highest BCUT2D eigenvalue weighted by atomic mass is 35.5. The van der Waals surface area contributed by atoms with Crippen LogP contribution in [0, 0.1) is 5.92 Å². The molecule has 0 N–H and O–H groups in total. The SMILES string of the molecule is ClCCC1CCN(c2nnnn2-c2ccccc2)C1. The van der Waals surface area contributed by atoms with Crippen molar-refractivity contribution >= 4 is 17.5 Å². The van der Waals surface area contributed by atoms with Gasteiger partial charge in [-0.05, 0) is 41.3 Å². The van der Waals surface area contributed by atoms with Crippen LogP contribution in [0.1, 0.15) is 12.8 Å². The topological polar surface area (TPSA) is 46.8 Å². The number of aromatic nitrogens is 4. The number of halogens is 1. The van der Waals surface area contributed by atoms with E-state index in [-0.39, 0.29) is 0 Å². The van der Waals surface area contributed by atoms with Crippen LogP contribution >= 0.6 is 11.6 Å². The smallest absolute Gasteiger partial charge is 0.250 e. The van der Waals surface area contributed by atoms with Gasteiger partial charge in [-0.2, -0.15) is 4.68 Å². The van der Waals surface area contributed by atoms with Gasteiger partial charge in [0.15, 0.2) is 0 Å². The van der Waals surface area contributed by atoms with Gasteiger partial charge in [-0.15, -0.1) is 11.6 Å². The quantitative estimate of drug-likeness (QED) is 0.803. The van der Waals surface area contributed by atoms with Crippen molar-refractivity contribution in [1.29, 1.82) is 0 Å². The third-order valence-corrected chi connectivity index (χ3v) is 3.76. The van der Waals surface area contributed by atoms with Crippen LogP contribution in [0.25, 0.3) is 5.69 Å². The van der Waals surface area contributed by atoms with Crippen molar-refractivity contribution in [3.05, 3.63) is 30.3 Å². The third kappa shape index (κ3) is 2.56. The highest BCUT2D eigenvalue weighted by Gasteiger charge is 2.26. The van der Waals surface area contributed by atoms with Gasteiger partial charge < -0.3 is 4.90 Å². The lowest BCUT2D eigenvalue weighted by Gasteiger charge is -2.16. The van der Waals surface area contributed by atoms with E-state index in [0.29, 0.717) is 5.92 Å². The van der Waals surface area contributed by atoms with Crippen LogP contribution in [-0.4, -0.2) is 39.2 Å². The van der Waals surface area contributed by atoms with Gasteiger partial charge in [0, 0.05) is 19.0 Å². The average Bonchev–Trinajstić information content (AvgIpc) is 3.08. The predicted molar refractivity (Wildman–Crippen MR) is 74.8 cm³/mol. The molecule has 1 fully saturated rings. The molecule has 0 spiro atoms. The number of tetrazole rings is 1. The lowest BCUT2D eigenvalue weighted by molar-refractivity contribution is 0.571. The van der Waals surface area contributed by atoms with E-state index in [1.54, 1.807) is 4.68 Å². The lowest BCUT2D eigenvalue weighted by atomic mass is 10.1. The number of benzene rings is 1. The van der Waals surface area contributed by atoms with E-state index in [0.717, 1.165) is 43.4 Å². The first-order chi connectivity index (χ1) is 9.38. The van der Waals surface area contributed by atoms with Gasteiger partial charge in [-0.3, -0.25) is 0 Å². The first kappa shape index (κ1) is 12.4. The lowest BCUT2D eigenvalue weighted by Crippen LogP contribution is -2.23. The first-order valence-electron chi connectivity index (χ1n) is 6.53. The largest absolute Gasteiger partial charge is 0.339 e. The minimum atomic E-state index is 0.651. The Labute approximate surface area is 117 Å². The maximum absolute atomic E-state index is 5.82. The van der Waals surface area contributed by atoms with Gasteiger partial charge in [-0.25, -0.2) is 0 Å². The van der Waals surface area contributed by atoms with E-state index in [1.165, 1.54) is 0 Å². The zero-order chi connectivity index (χ0) is 13.1. The summed E-state index contributed by atoms with van der Waals surface area (Å²) in [5.74, 6) is 2.20. The van der Waals surface area contributed by atoms with Gasteiger partial charge in [0.1, 0.15) is 0 Å². The van der Waals surface area contributed by atoms with Gasteiger partial charge in [0.25, 0.3) is 0 Å². The molecule has 19 heavy (non-hydrogen) atoms. The summed E-state index contributed by atoms with van der Waals surface area (Å²) in [7, 11) is 0. The Kier molecular flexibility index (Phi) is 3.64. The number of hydrogen-bond donors (Lipinski definition) is 0. The summed E-state index contributed by atoms with van der Waals surface area (Å²) in [5.41, 5.74) is 0.989. The summed E-state index contributed by atoms with van der Waals surface area (Å²) in [5, 5.41) is 12.1. The standard InChI is InChI=1S/C13H16ClN5/c14-8-6-11-7-9-18(10-11)13-15-16-17-19(13)12-4-2-1-3-5-12/h1-5,11H,6-10H2. The summed E-state index contributed by atoms with van der Waals surface area (Å²) >= 11 is 5.82. The fraction of sp³-hybridized carbons (Fsp3) is 0.462. The number of anilines is 1. The maximum atomic E-state index is 5.82. The fourth-order valence-corrected chi connectivity index (χ4v) is 2.83. The van der Waals surface area contributed by atoms with E-state index >= 15 is 0 Å². The van der Waals surface area contributed by atoms with Crippen molar-refractivity contribution in [3.63, 3.8) is 0 Å². The first-order valence-corrected chi connectivity index (χ1v) is 7.06. The van der Waals surface area contributed by atoms with Crippen molar-refractivity contribution < 1.29 is 0 Å². The van der Waals surface area contributed by atoms with E-state index in [4.69, 9.17) is 11.6 Å². The monoisotopic (exact) mass is 277 g/mol. The summed E-state index contributed by atoms with van der Waals surface area (Å²) in [4.78, 5) is 2.24. The Hall–Kier alpha value is -1.62. The summed E-state index contributed by atoms with van der Waals surface area (Å²) in [6.45, 7) is 1.98. The molecule has 1 aromatic heterocycles. The molecule has 0 saturated carbocycles. The molecule has 0 aliphatic carbocycles. The molecule has 0 amide bonds. The molecule has 1 atom stereocenters. The average molecular weight is 278 g/mol. The van der Waals surface area contributed by atoms with Crippen molar-refractivity contribution in [2.45, 2.75) is 12.8 Å². The van der Waals surface area contributed by atoms with Crippen molar-refractivity contribution in [3.8, 4) is 5.69 Å². The molecule has 0 radical (unpaired) electrons. The number of alkyl halides is 1. The molecule has 2 heterocycles. The number of nitrogens with zero attached hydrogens (tertiary/aromatic N) is 5. The summed E-state index contributed by atoms with van der Waals surface area (Å²) in [6, 6.07) is 9.97. The molecule has 1 unspecified atom stereocenters. The zero-order valence-corrected chi connectivity index (χ0v) is 11.4. The van der Waals surface area contributed by atoms with Crippen molar-refractivity contribution in [1.82, 2.24) is 20.2 Å². The normalized spacial score (nSPS) is 19.0. The molecule has 1 aliphatic heterocycles. The highest BCUT2D eigenvalue weighted by molar-refractivity contribution is 6.17. The number of rotatable bonds is 4. The number of hydrogen-bond acceptors (Lipinski definition) is 4. The van der Waals surface area contributed by atoms with Crippen LogP contribution in [0.2, 0.25) is 0 Å². The number of para-hydroxylation sites is 1. The minimum Gasteiger partial charge on any atom is -0.339 e. The molecule has 0 bridgehead atoms. The van der Waals surface area contributed by atoms with Gasteiger partial charge in [0.05, 0.1) is 5.69 Å². The van der Waals surface area contributed by atoms with Crippen LogP contribution in [-0.2, 0) is 0 Å². The Balaban J connectivity index is 1.82. The predicted octanol–water partition coefficient (Wildman–Crippen LogP) is 2.12. The second-order valence-electron chi connectivity index (χ2n) is 4.80. The molecule has 2 aromatic rings. The minimum absolute atomic E-state index is 0.651. The van der Waals surface area contributed by atoms with Crippen molar-refractivity contribution in [2.75, 3.05) is 23.9 Å². The highest BCUT2D eigenvalue weighted by Crippen LogP contribution is 2.25. The molecule has 1 aliphatic rings. The van der Waals surface area contributed by atoms with Crippen LogP contribution in [0.15, 0.2) is 30.3 Å². The van der Waals surface area contributed by atoms with Crippen molar-refractivity contribution in [2.24, 2.45) is 5.92 Å². The Bertz CT molecular complexity index is 527. The maximum Gasteiger partial charge on any atom is 0.250 e. The van der Waals surface area contributed by atoms with Gasteiger partial charge >= 0.3 is 0 Å². The molecule has 6 heteroatoms. The van der Waals surface area contributed by atoms with Crippen LogP contribution in [0.4, 0.5) is 5.95 Å². The van der Waals surface area contributed by atoms with E-state index in [2.05, 4.69) is 20.4 Å². The molecular weight excluding hydrogens is 262 g/mol. The third-order valence-electron chi connectivity index (χ3n) is 3.54. The zero-order valence-electron chi connectivity index (χ0n) is 10.6. The Morgan fingerprint density at radius 2 is 2.11 bits per heavy atom.